The second kappa shape index (κ2) is 7.89. The maximum Gasteiger partial charge on any atom is 0.408 e. The van der Waals surface area contributed by atoms with Crippen molar-refractivity contribution in [2.24, 2.45) is 0 Å². The van der Waals surface area contributed by atoms with Crippen molar-refractivity contribution in [1.29, 1.82) is 0 Å². The monoisotopic (exact) mass is 311 g/mol. The SMILES string of the molecule is COc1ccc(C(CCO)NC(=O)OC(C)(C)C)cc1OC. The van der Waals surface area contributed by atoms with Crippen molar-refractivity contribution < 1.29 is 24.1 Å². The van der Waals surface area contributed by atoms with Crippen molar-refractivity contribution in [1.82, 2.24) is 5.32 Å². The Morgan fingerprint density at radius 2 is 1.86 bits per heavy atom. The van der Waals surface area contributed by atoms with E-state index in [4.69, 9.17) is 14.2 Å². The van der Waals surface area contributed by atoms with E-state index in [1.807, 2.05) is 6.07 Å². The van der Waals surface area contributed by atoms with Crippen LogP contribution in [0.25, 0.3) is 0 Å². The summed E-state index contributed by atoms with van der Waals surface area (Å²) >= 11 is 0. The van der Waals surface area contributed by atoms with Gasteiger partial charge in [0.2, 0.25) is 0 Å². The van der Waals surface area contributed by atoms with Gasteiger partial charge in [0.15, 0.2) is 11.5 Å². The topological polar surface area (TPSA) is 77.0 Å². The number of nitrogens with one attached hydrogen (secondary N) is 1. The summed E-state index contributed by atoms with van der Waals surface area (Å²) in [6, 6.07) is 4.98. The first-order valence-electron chi connectivity index (χ1n) is 7.13. The highest BCUT2D eigenvalue weighted by Crippen LogP contribution is 2.31. The second-order valence-electron chi connectivity index (χ2n) is 5.83. The normalized spacial score (nSPS) is 12.5. The third-order valence-corrected chi connectivity index (χ3v) is 2.92. The molecule has 1 unspecified atom stereocenters. The molecule has 1 aromatic rings. The molecule has 0 fully saturated rings. The van der Waals surface area contributed by atoms with Gasteiger partial charge in [-0.1, -0.05) is 6.07 Å². The molecule has 22 heavy (non-hydrogen) atoms. The lowest BCUT2D eigenvalue weighted by atomic mass is 10.0. The van der Waals surface area contributed by atoms with Crippen LogP contribution < -0.4 is 14.8 Å². The Morgan fingerprint density at radius 1 is 1.23 bits per heavy atom. The molecule has 0 spiro atoms. The number of amides is 1. The van der Waals surface area contributed by atoms with Crippen LogP contribution in [0.1, 0.15) is 38.8 Å². The molecule has 0 aliphatic carbocycles. The summed E-state index contributed by atoms with van der Waals surface area (Å²) in [5, 5.41) is 12.0. The summed E-state index contributed by atoms with van der Waals surface area (Å²) in [6.45, 7) is 5.33. The summed E-state index contributed by atoms with van der Waals surface area (Å²) in [5.74, 6) is 1.17. The van der Waals surface area contributed by atoms with E-state index < -0.39 is 11.7 Å². The second-order valence-corrected chi connectivity index (χ2v) is 5.83. The molecule has 6 nitrogen and oxygen atoms in total. The number of aliphatic hydroxyl groups excluding tert-OH is 1. The molecule has 0 bridgehead atoms. The number of benzene rings is 1. The lowest BCUT2D eigenvalue weighted by Crippen LogP contribution is -2.35. The zero-order valence-electron chi connectivity index (χ0n) is 13.8. The van der Waals surface area contributed by atoms with Gasteiger partial charge < -0.3 is 24.6 Å². The Labute approximate surface area is 131 Å². The first-order valence-corrected chi connectivity index (χ1v) is 7.13. The van der Waals surface area contributed by atoms with Gasteiger partial charge in [-0.2, -0.15) is 0 Å². The Balaban J connectivity index is 2.93. The van der Waals surface area contributed by atoms with Crippen molar-refractivity contribution in [2.75, 3.05) is 20.8 Å². The van der Waals surface area contributed by atoms with E-state index >= 15 is 0 Å². The molecule has 0 aromatic heterocycles. The number of carbonyl (C=O) groups excluding carboxylic acids is 1. The largest absolute Gasteiger partial charge is 0.493 e. The maximum absolute atomic E-state index is 11.9. The van der Waals surface area contributed by atoms with Crippen LogP contribution in [0.3, 0.4) is 0 Å². The lowest BCUT2D eigenvalue weighted by Gasteiger charge is -2.24. The number of alkyl carbamates (subject to hydrolysis) is 1. The standard InChI is InChI=1S/C16H25NO5/c1-16(2,3)22-15(19)17-12(8-9-18)11-6-7-13(20-4)14(10-11)21-5/h6-7,10,12,18H,8-9H2,1-5H3,(H,17,19). The lowest BCUT2D eigenvalue weighted by molar-refractivity contribution is 0.0496. The maximum atomic E-state index is 11.9. The number of aliphatic hydroxyl groups is 1. The van der Waals surface area contributed by atoms with Gasteiger partial charge >= 0.3 is 6.09 Å². The first-order chi connectivity index (χ1) is 10.3. The predicted octanol–water partition coefficient (Wildman–Crippen LogP) is 2.65. The van der Waals surface area contributed by atoms with Gasteiger partial charge in [0.05, 0.1) is 20.3 Å². The van der Waals surface area contributed by atoms with Crippen molar-refractivity contribution in [3.05, 3.63) is 23.8 Å². The fourth-order valence-electron chi connectivity index (χ4n) is 1.97. The molecule has 1 amide bonds. The van der Waals surface area contributed by atoms with Crippen molar-refractivity contribution in [2.45, 2.75) is 38.8 Å². The highest BCUT2D eigenvalue weighted by molar-refractivity contribution is 5.68. The minimum absolute atomic E-state index is 0.0607. The number of hydrogen-bond donors (Lipinski definition) is 2. The molecule has 0 saturated heterocycles. The summed E-state index contributed by atoms with van der Waals surface area (Å²) < 4.78 is 15.7. The molecular weight excluding hydrogens is 286 g/mol. The quantitative estimate of drug-likeness (QED) is 0.844. The van der Waals surface area contributed by atoms with Gasteiger partial charge in [-0.25, -0.2) is 4.79 Å². The molecule has 2 N–H and O–H groups in total. The van der Waals surface area contributed by atoms with Gasteiger partial charge in [0.1, 0.15) is 5.60 Å². The van der Waals surface area contributed by atoms with Gasteiger partial charge in [-0.15, -0.1) is 0 Å². The number of carbonyl (C=O) groups is 1. The van der Waals surface area contributed by atoms with Crippen LogP contribution in [0.4, 0.5) is 4.79 Å². The van der Waals surface area contributed by atoms with Crippen LogP contribution in [0.5, 0.6) is 11.5 Å². The fraction of sp³-hybridized carbons (Fsp3) is 0.562. The van der Waals surface area contributed by atoms with Crippen LogP contribution in [0.2, 0.25) is 0 Å². The average molecular weight is 311 g/mol. The Bertz CT molecular complexity index is 496. The van der Waals surface area contributed by atoms with Gasteiger partial charge in [-0.05, 0) is 44.9 Å². The van der Waals surface area contributed by atoms with E-state index in [2.05, 4.69) is 5.32 Å². The molecule has 0 aliphatic rings. The Kier molecular flexibility index (Phi) is 6.49. The van der Waals surface area contributed by atoms with Crippen molar-refractivity contribution >= 4 is 6.09 Å². The van der Waals surface area contributed by atoms with Crippen LogP contribution in [-0.4, -0.2) is 37.6 Å². The van der Waals surface area contributed by atoms with Gasteiger partial charge in [0, 0.05) is 6.61 Å². The number of rotatable bonds is 6. The number of hydrogen-bond acceptors (Lipinski definition) is 5. The van der Waals surface area contributed by atoms with Crippen LogP contribution >= 0.6 is 0 Å². The Hall–Kier alpha value is -1.95. The molecule has 124 valence electrons. The molecule has 6 heteroatoms. The van der Waals surface area contributed by atoms with Crippen LogP contribution in [0, 0.1) is 0 Å². The fourth-order valence-corrected chi connectivity index (χ4v) is 1.97. The molecule has 1 aromatic carbocycles. The van der Waals surface area contributed by atoms with Crippen LogP contribution in [0.15, 0.2) is 18.2 Å². The van der Waals surface area contributed by atoms with E-state index in [1.165, 1.54) is 0 Å². The van der Waals surface area contributed by atoms with Gasteiger partial charge in [-0.3, -0.25) is 0 Å². The zero-order chi connectivity index (χ0) is 16.8. The van der Waals surface area contributed by atoms with E-state index in [0.717, 1.165) is 5.56 Å². The number of methoxy groups -OCH3 is 2. The van der Waals surface area contributed by atoms with Crippen LogP contribution in [-0.2, 0) is 4.74 Å². The smallest absolute Gasteiger partial charge is 0.408 e. The van der Waals surface area contributed by atoms with E-state index in [1.54, 1.807) is 47.1 Å². The minimum Gasteiger partial charge on any atom is -0.493 e. The summed E-state index contributed by atoms with van der Waals surface area (Å²) in [5.41, 5.74) is 0.225. The third kappa shape index (κ3) is 5.44. The molecule has 0 saturated carbocycles. The highest BCUT2D eigenvalue weighted by atomic mass is 16.6. The average Bonchev–Trinajstić information content (AvgIpc) is 2.44. The van der Waals surface area contributed by atoms with Gasteiger partial charge in [0.25, 0.3) is 0 Å². The van der Waals surface area contributed by atoms with Crippen molar-refractivity contribution in [3.8, 4) is 11.5 Å². The molecule has 1 atom stereocenters. The minimum atomic E-state index is -0.578. The zero-order valence-corrected chi connectivity index (χ0v) is 13.8. The molecular formula is C16H25NO5. The predicted molar refractivity (Wildman–Crippen MR) is 83.4 cm³/mol. The molecule has 1 rings (SSSR count). The summed E-state index contributed by atoms with van der Waals surface area (Å²) in [4.78, 5) is 11.9. The Morgan fingerprint density at radius 3 is 2.36 bits per heavy atom. The number of ether oxygens (including phenoxy) is 3. The van der Waals surface area contributed by atoms with E-state index in [-0.39, 0.29) is 12.6 Å². The highest BCUT2D eigenvalue weighted by Gasteiger charge is 2.21. The summed E-state index contributed by atoms with van der Waals surface area (Å²) in [6.07, 6.45) is -0.157. The third-order valence-electron chi connectivity index (χ3n) is 2.92. The van der Waals surface area contributed by atoms with Crippen molar-refractivity contribution in [3.63, 3.8) is 0 Å². The first kappa shape index (κ1) is 18.1. The molecule has 0 aliphatic heterocycles. The van der Waals surface area contributed by atoms with E-state index in [9.17, 15) is 9.90 Å². The molecule has 0 heterocycles. The summed E-state index contributed by atoms with van der Waals surface area (Å²) in [7, 11) is 3.10. The molecule has 0 radical (unpaired) electrons. The van der Waals surface area contributed by atoms with E-state index in [0.29, 0.717) is 17.9 Å².